The van der Waals surface area contributed by atoms with Crippen LogP contribution in [0.1, 0.15) is 40.0 Å². The minimum atomic E-state index is -0.136. The van der Waals surface area contributed by atoms with Crippen LogP contribution in [0.2, 0.25) is 0 Å². The minimum absolute atomic E-state index is 0.0760. The van der Waals surface area contributed by atoms with Crippen LogP contribution in [0.25, 0.3) is 0 Å². The molecule has 7 nitrogen and oxygen atoms in total. The molecule has 0 spiro atoms. The molecule has 2 rings (SSSR count). The second-order valence-electron chi connectivity index (χ2n) is 7.01. The first kappa shape index (κ1) is 18.5. The van der Waals surface area contributed by atoms with E-state index >= 15 is 0 Å². The SMILES string of the molecule is CC(C)(C)/C(N)=C/C(N)=Nc1cnn(CCOC2CCCCO2)c1. The van der Waals surface area contributed by atoms with Gasteiger partial charge in [-0.05, 0) is 25.3 Å². The second kappa shape index (κ2) is 8.30. The van der Waals surface area contributed by atoms with Crippen LogP contribution in [0.3, 0.4) is 0 Å². The van der Waals surface area contributed by atoms with Gasteiger partial charge in [-0.3, -0.25) is 4.68 Å². The molecule has 1 aromatic heterocycles. The van der Waals surface area contributed by atoms with Crippen molar-refractivity contribution in [3.8, 4) is 0 Å². The molecule has 1 saturated heterocycles. The van der Waals surface area contributed by atoms with E-state index < -0.39 is 0 Å². The van der Waals surface area contributed by atoms with Crippen molar-refractivity contribution >= 4 is 11.5 Å². The maximum Gasteiger partial charge on any atom is 0.157 e. The van der Waals surface area contributed by atoms with Gasteiger partial charge in [0.1, 0.15) is 11.5 Å². The third-order valence-corrected chi connectivity index (χ3v) is 3.81. The molecule has 1 aliphatic rings. The van der Waals surface area contributed by atoms with Crippen molar-refractivity contribution < 1.29 is 9.47 Å². The summed E-state index contributed by atoms with van der Waals surface area (Å²) in [5, 5.41) is 4.26. The van der Waals surface area contributed by atoms with Crippen LogP contribution >= 0.6 is 0 Å². The van der Waals surface area contributed by atoms with Gasteiger partial charge in [0.15, 0.2) is 6.29 Å². The third-order valence-electron chi connectivity index (χ3n) is 3.81. The number of aliphatic imine (C=N–C) groups is 1. The van der Waals surface area contributed by atoms with E-state index in [0.717, 1.165) is 25.9 Å². The molecule has 1 aromatic rings. The predicted octanol–water partition coefficient (Wildman–Crippen LogP) is 2.30. The average molecular weight is 335 g/mol. The van der Waals surface area contributed by atoms with E-state index in [4.69, 9.17) is 20.9 Å². The molecule has 1 aliphatic heterocycles. The molecule has 1 fully saturated rings. The Kier molecular flexibility index (Phi) is 6.39. The number of nitrogens with two attached hydrogens (primary N) is 2. The molecule has 0 bridgehead atoms. The Morgan fingerprint density at radius 3 is 2.92 bits per heavy atom. The molecule has 0 amide bonds. The van der Waals surface area contributed by atoms with Crippen molar-refractivity contribution in [1.82, 2.24) is 9.78 Å². The highest BCUT2D eigenvalue weighted by atomic mass is 16.7. The third kappa shape index (κ3) is 5.98. The van der Waals surface area contributed by atoms with Gasteiger partial charge in [-0.25, -0.2) is 4.99 Å². The molecule has 134 valence electrons. The number of allylic oxidation sites excluding steroid dienone is 1. The molecule has 1 atom stereocenters. The largest absolute Gasteiger partial charge is 0.401 e. The van der Waals surface area contributed by atoms with Crippen molar-refractivity contribution in [3.63, 3.8) is 0 Å². The number of ether oxygens (including phenoxy) is 2. The number of rotatable bonds is 6. The number of amidine groups is 1. The van der Waals surface area contributed by atoms with E-state index in [9.17, 15) is 0 Å². The fourth-order valence-corrected chi connectivity index (χ4v) is 2.21. The molecular weight excluding hydrogens is 306 g/mol. The van der Waals surface area contributed by atoms with E-state index in [1.54, 1.807) is 17.0 Å². The Bertz CT molecular complexity index is 580. The topological polar surface area (TPSA) is 101 Å². The van der Waals surface area contributed by atoms with Gasteiger partial charge in [0.25, 0.3) is 0 Å². The van der Waals surface area contributed by atoms with Crippen LogP contribution in [0.4, 0.5) is 5.69 Å². The van der Waals surface area contributed by atoms with Crippen LogP contribution in [0.5, 0.6) is 0 Å². The van der Waals surface area contributed by atoms with Crippen molar-refractivity contribution in [3.05, 3.63) is 24.2 Å². The summed E-state index contributed by atoms with van der Waals surface area (Å²) in [6.45, 7) is 8.08. The lowest BCUT2D eigenvalue weighted by Crippen LogP contribution is -2.24. The monoisotopic (exact) mass is 335 g/mol. The Hall–Kier alpha value is -1.86. The molecule has 7 heteroatoms. The number of aromatic nitrogens is 2. The summed E-state index contributed by atoms with van der Waals surface area (Å²) in [6.07, 6.45) is 8.37. The summed E-state index contributed by atoms with van der Waals surface area (Å²) in [7, 11) is 0. The van der Waals surface area contributed by atoms with E-state index in [2.05, 4.69) is 10.1 Å². The Morgan fingerprint density at radius 2 is 2.25 bits per heavy atom. The van der Waals surface area contributed by atoms with Gasteiger partial charge in [-0.15, -0.1) is 0 Å². The summed E-state index contributed by atoms with van der Waals surface area (Å²) < 4.78 is 13.0. The highest BCUT2D eigenvalue weighted by Crippen LogP contribution is 2.20. The van der Waals surface area contributed by atoms with Crippen LogP contribution in [0, 0.1) is 5.41 Å². The summed E-state index contributed by atoms with van der Waals surface area (Å²) >= 11 is 0. The zero-order chi connectivity index (χ0) is 17.6. The fraction of sp³-hybridized carbons (Fsp3) is 0.647. The van der Waals surface area contributed by atoms with E-state index in [1.807, 2.05) is 27.0 Å². The zero-order valence-electron chi connectivity index (χ0n) is 14.9. The van der Waals surface area contributed by atoms with E-state index in [1.165, 1.54) is 0 Å². The molecule has 0 aliphatic carbocycles. The molecule has 1 unspecified atom stereocenters. The van der Waals surface area contributed by atoms with E-state index in [-0.39, 0.29) is 11.7 Å². The summed E-state index contributed by atoms with van der Waals surface area (Å²) in [5.74, 6) is 0.369. The van der Waals surface area contributed by atoms with Crippen LogP contribution in [-0.4, -0.2) is 35.1 Å². The van der Waals surface area contributed by atoms with Gasteiger partial charge in [0.2, 0.25) is 0 Å². The van der Waals surface area contributed by atoms with Crippen LogP contribution in [0.15, 0.2) is 29.2 Å². The molecule has 0 radical (unpaired) electrons. The van der Waals surface area contributed by atoms with Gasteiger partial charge in [-0.2, -0.15) is 5.10 Å². The first-order valence-corrected chi connectivity index (χ1v) is 8.42. The zero-order valence-corrected chi connectivity index (χ0v) is 14.9. The first-order chi connectivity index (χ1) is 11.3. The molecule has 0 aromatic carbocycles. The van der Waals surface area contributed by atoms with Gasteiger partial charge in [0.05, 0.1) is 25.5 Å². The quantitative estimate of drug-likeness (QED) is 0.613. The fourth-order valence-electron chi connectivity index (χ4n) is 2.21. The van der Waals surface area contributed by atoms with Crippen molar-refractivity contribution in [1.29, 1.82) is 0 Å². The summed E-state index contributed by atoms with van der Waals surface area (Å²) in [6, 6.07) is 0. The molecule has 4 N–H and O–H groups in total. The highest BCUT2D eigenvalue weighted by Gasteiger charge is 2.14. The Labute approximate surface area is 143 Å². The lowest BCUT2D eigenvalue weighted by Gasteiger charge is -2.22. The number of hydrogen-bond donors (Lipinski definition) is 2. The summed E-state index contributed by atoms with van der Waals surface area (Å²) in [4.78, 5) is 4.32. The van der Waals surface area contributed by atoms with E-state index in [0.29, 0.717) is 30.4 Å². The van der Waals surface area contributed by atoms with Crippen molar-refractivity contribution in [2.45, 2.75) is 52.9 Å². The molecule has 2 heterocycles. The van der Waals surface area contributed by atoms with Crippen molar-refractivity contribution in [2.75, 3.05) is 13.2 Å². The smallest absolute Gasteiger partial charge is 0.157 e. The standard InChI is InChI=1S/C17H29N5O2/c1-17(2,3)14(18)10-15(19)21-13-11-20-22(12-13)7-9-24-16-6-4-5-8-23-16/h10-12,16H,4-9,18H2,1-3H3,(H2,19,21)/b14-10-. The lowest BCUT2D eigenvalue weighted by molar-refractivity contribution is -0.163. The number of nitrogens with zero attached hydrogens (tertiary/aromatic N) is 3. The van der Waals surface area contributed by atoms with Crippen LogP contribution in [-0.2, 0) is 16.0 Å². The van der Waals surface area contributed by atoms with Gasteiger partial charge in [0, 0.05) is 17.7 Å². The molecule has 0 saturated carbocycles. The Morgan fingerprint density at radius 1 is 1.46 bits per heavy atom. The van der Waals surface area contributed by atoms with Crippen LogP contribution < -0.4 is 11.5 Å². The van der Waals surface area contributed by atoms with Gasteiger partial charge in [-0.1, -0.05) is 20.8 Å². The van der Waals surface area contributed by atoms with Gasteiger partial charge >= 0.3 is 0 Å². The van der Waals surface area contributed by atoms with Crippen molar-refractivity contribution in [2.24, 2.45) is 21.9 Å². The van der Waals surface area contributed by atoms with Gasteiger partial charge < -0.3 is 20.9 Å². The minimum Gasteiger partial charge on any atom is -0.401 e. The average Bonchev–Trinajstić information content (AvgIpc) is 2.94. The summed E-state index contributed by atoms with van der Waals surface area (Å²) in [5.41, 5.74) is 13.2. The Balaban J connectivity index is 1.84. The highest BCUT2D eigenvalue weighted by molar-refractivity contribution is 5.93. The maximum atomic E-state index is 6.00. The first-order valence-electron chi connectivity index (χ1n) is 8.42. The normalized spacial score (nSPS) is 20.4. The number of hydrogen-bond acceptors (Lipinski definition) is 5. The molecular formula is C17H29N5O2. The second-order valence-corrected chi connectivity index (χ2v) is 7.01. The predicted molar refractivity (Wildman–Crippen MR) is 94.8 cm³/mol. The maximum absolute atomic E-state index is 6.00. The molecule has 24 heavy (non-hydrogen) atoms. The lowest BCUT2D eigenvalue weighted by atomic mass is 9.92.